The molecule has 0 saturated carbocycles. The number of nitrogens with two attached hydrogens (primary N) is 1. The molecule has 0 aliphatic heterocycles. The third-order valence-electron chi connectivity index (χ3n) is 6.78. The third-order valence-corrected chi connectivity index (χ3v) is 7.38. The van der Waals surface area contributed by atoms with Gasteiger partial charge in [-0.3, -0.25) is 14.2 Å². The zero-order valence-corrected chi connectivity index (χ0v) is 28.0. The van der Waals surface area contributed by atoms with Gasteiger partial charge >= 0.3 is 23.8 Å². The normalized spacial score (nSPS) is 11.6. The van der Waals surface area contributed by atoms with E-state index in [0.29, 0.717) is 54.1 Å². The fourth-order valence-corrected chi connectivity index (χ4v) is 4.81. The van der Waals surface area contributed by atoms with Crippen LogP contribution in [-0.4, -0.2) is 64.1 Å². The fraction of sp³-hybridized carbons (Fsp3) is 0.387. The van der Waals surface area contributed by atoms with Gasteiger partial charge in [-0.25, -0.2) is 14.4 Å². The number of rotatable bonds is 12. The minimum Gasteiger partial charge on any atom is -0.493 e. The number of amides is 1. The molecule has 3 aromatic rings. The predicted molar refractivity (Wildman–Crippen MR) is 173 cm³/mol. The molecule has 262 valence electrons. The molecule has 48 heavy (non-hydrogen) atoms. The Labute approximate surface area is 283 Å². The average Bonchev–Trinajstić information content (AvgIpc) is 3.02. The van der Waals surface area contributed by atoms with Crippen molar-refractivity contribution < 1.29 is 42.1 Å². The number of carboxylic acids is 1. The first kappa shape index (κ1) is 39.8. The first-order valence-electron chi connectivity index (χ1n) is 14.4. The van der Waals surface area contributed by atoms with Gasteiger partial charge in [0.15, 0.2) is 0 Å². The summed E-state index contributed by atoms with van der Waals surface area (Å²) in [5, 5.41) is 9.96. The van der Waals surface area contributed by atoms with Crippen LogP contribution in [0.25, 0.3) is 11.1 Å². The van der Waals surface area contributed by atoms with Gasteiger partial charge in [0.05, 0.1) is 34.4 Å². The molecule has 1 amide bonds. The molecule has 0 fully saturated rings. The van der Waals surface area contributed by atoms with Gasteiger partial charge in [-0.2, -0.15) is 13.2 Å². The van der Waals surface area contributed by atoms with Crippen LogP contribution >= 0.6 is 23.2 Å². The zero-order chi connectivity index (χ0) is 36.3. The lowest BCUT2D eigenvalue weighted by Crippen LogP contribution is -2.43. The Morgan fingerprint density at radius 2 is 1.58 bits per heavy atom. The van der Waals surface area contributed by atoms with Crippen LogP contribution in [0.4, 0.5) is 13.2 Å². The van der Waals surface area contributed by atoms with E-state index in [-0.39, 0.29) is 28.6 Å². The molecule has 0 spiro atoms. The van der Waals surface area contributed by atoms with E-state index < -0.39 is 41.3 Å². The molecule has 2 aromatic carbocycles. The lowest BCUT2D eigenvalue weighted by Gasteiger charge is -2.19. The van der Waals surface area contributed by atoms with Crippen LogP contribution < -0.4 is 27.0 Å². The SMILES string of the molecule is CCCOC(=O)[C@H](Cc1ccc(-c2c(C)n(C)c(=O)n(C)c2=O)cc1)NC(=O)c1c(Cl)cc(OCCCN)cc1Cl.O=C(O)C(F)(F)F. The number of aromatic nitrogens is 2. The topological polar surface area (TPSA) is 172 Å². The minimum atomic E-state index is -5.08. The maximum absolute atomic E-state index is 13.2. The lowest BCUT2D eigenvalue weighted by atomic mass is 10.00. The van der Waals surface area contributed by atoms with E-state index >= 15 is 0 Å². The Kier molecular flexibility index (Phi) is 14.7. The maximum atomic E-state index is 13.2. The highest BCUT2D eigenvalue weighted by molar-refractivity contribution is 6.40. The predicted octanol–water partition coefficient (Wildman–Crippen LogP) is 4.02. The summed E-state index contributed by atoms with van der Waals surface area (Å²) in [6, 6.07) is 8.88. The molecule has 4 N–H and O–H groups in total. The second kappa shape index (κ2) is 17.7. The molecular formula is C31H35Cl2F3N4O8. The molecule has 0 saturated heterocycles. The van der Waals surface area contributed by atoms with Crippen molar-refractivity contribution >= 4 is 41.0 Å². The quantitative estimate of drug-likeness (QED) is 0.185. The van der Waals surface area contributed by atoms with Crippen molar-refractivity contribution in [1.82, 2.24) is 14.5 Å². The van der Waals surface area contributed by atoms with Crippen molar-refractivity contribution in [3.8, 4) is 16.9 Å². The molecule has 1 atom stereocenters. The smallest absolute Gasteiger partial charge is 0.490 e. The van der Waals surface area contributed by atoms with E-state index in [4.69, 9.17) is 48.3 Å². The molecule has 0 radical (unpaired) electrons. The van der Waals surface area contributed by atoms with E-state index in [1.165, 1.54) is 23.7 Å². The highest BCUT2D eigenvalue weighted by atomic mass is 35.5. The number of aliphatic carboxylic acids is 1. The van der Waals surface area contributed by atoms with E-state index in [0.717, 1.165) is 4.57 Å². The zero-order valence-electron chi connectivity index (χ0n) is 26.5. The van der Waals surface area contributed by atoms with Crippen LogP contribution in [0.15, 0.2) is 46.0 Å². The molecule has 0 aliphatic carbocycles. The van der Waals surface area contributed by atoms with Crippen LogP contribution in [0.1, 0.15) is 41.4 Å². The van der Waals surface area contributed by atoms with Crippen molar-refractivity contribution in [3.63, 3.8) is 0 Å². The summed E-state index contributed by atoms with van der Waals surface area (Å²) in [5.74, 6) is -3.62. The first-order valence-corrected chi connectivity index (χ1v) is 15.2. The fourth-order valence-electron chi connectivity index (χ4n) is 4.17. The number of esters is 1. The molecule has 17 heteroatoms. The molecular weight excluding hydrogens is 684 g/mol. The number of nitrogens with zero attached hydrogens (tertiary/aromatic N) is 2. The van der Waals surface area contributed by atoms with E-state index in [9.17, 15) is 32.3 Å². The van der Waals surface area contributed by atoms with Gasteiger partial charge in [0, 0.05) is 26.2 Å². The summed E-state index contributed by atoms with van der Waals surface area (Å²) < 4.78 is 45.1. The molecule has 0 aliphatic rings. The van der Waals surface area contributed by atoms with Crippen LogP contribution in [0, 0.1) is 6.92 Å². The number of hydrogen-bond acceptors (Lipinski definition) is 8. The summed E-state index contributed by atoms with van der Waals surface area (Å²) in [7, 11) is 3.03. The molecule has 3 rings (SSSR count). The Hall–Kier alpha value is -4.34. The molecule has 12 nitrogen and oxygen atoms in total. The number of benzene rings is 2. The van der Waals surface area contributed by atoms with Gasteiger partial charge in [0.1, 0.15) is 11.8 Å². The Morgan fingerprint density at radius 1 is 1.02 bits per heavy atom. The summed E-state index contributed by atoms with van der Waals surface area (Å²) in [4.78, 5) is 60.1. The third kappa shape index (κ3) is 10.6. The second-order valence-corrected chi connectivity index (χ2v) is 11.1. The highest BCUT2D eigenvalue weighted by Gasteiger charge is 2.38. The minimum absolute atomic E-state index is 0.00385. The van der Waals surface area contributed by atoms with Gasteiger partial charge in [0.2, 0.25) is 0 Å². The van der Waals surface area contributed by atoms with Crippen molar-refractivity contribution in [2.24, 2.45) is 19.8 Å². The number of ether oxygens (including phenoxy) is 2. The number of carbonyl (C=O) groups is 3. The first-order chi connectivity index (χ1) is 22.4. The number of nitrogens with one attached hydrogen (secondary N) is 1. The average molecular weight is 720 g/mol. The Balaban J connectivity index is 0.00000103. The Morgan fingerprint density at radius 3 is 2.08 bits per heavy atom. The molecule has 0 unspecified atom stereocenters. The summed E-state index contributed by atoms with van der Waals surface area (Å²) in [6.07, 6.45) is -3.73. The van der Waals surface area contributed by atoms with Gasteiger partial charge in [-0.05, 0) is 49.6 Å². The van der Waals surface area contributed by atoms with Gasteiger partial charge < -0.3 is 30.2 Å². The summed E-state index contributed by atoms with van der Waals surface area (Å²) in [6.45, 7) is 4.59. The maximum Gasteiger partial charge on any atom is 0.490 e. The van der Waals surface area contributed by atoms with Gasteiger partial charge in [-0.1, -0.05) is 54.4 Å². The van der Waals surface area contributed by atoms with Crippen LogP contribution in [0.2, 0.25) is 10.0 Å². The van der Waals surface area contributed by atoms with Crippen LogP contribution in [0.3, 0.4) is 0 Å². The molecule has 1 heterocycles. The number of hydrogen-bond donors (Lipinski definition) is 3. The number of carbonyl (C=O) groups excluding carboxylic acids is 2. The summed E-state index contributed by atoms with van der Waals surface area (Å²) >= 11 is 12.7. The highest BCUT2D eigenvalue weighted by Crippen LogP contribution is 2.31. The van der Waals surface area contributed by atoms with Crippen molar-refractivity contribution in [3.05, 3.63) is 84.1 Å². The van der Waals surface area contributed by atoms with E-state index in [1.807, 2.05) is 6.92 Å². The van der Waals surface area contributed by atoms with Gasteiger partial charge in [0.25, 0.3) is 11.5 Å². The van der Waals surface area contributed by atoms with Crippen molar-refractivity contribution in [2.75, 3.05) is 19.8 Å². The standard InChI is InChI=1S/C29H34Cl2N4O6.C2HF3O2/c1-5-12-41-28(38)23(33-26(36)25-21(30)15-20(16-22(25)31)40-13-6-11-32)14-18-7-9-19(10-8-18)24-17(2)34(3)29(39)35(4)27(24)37;3-2(4,5)1(6)7/h7-10,15-16,23H,5-6,11-14,32H2,1-4H3,(H,33,36);(H,6,7)/t23-;/m0./s1. The van der Waals surface area contributed by atoms with E-state index in [2.05, 4.69) is 5.32 Å². The Bertz CT molecular complexity index is 1720. The van der Waals surface area contributed by atoms with Crippen LogP contribution in [0.5, 0.6) is 5.75 Å². The number of alkyl halides is 3. The van der Waals surface area contributed by atoms with Crippen LogP contribution in [-0.2, 0) is 34.8 Å². The molecule has 0 bridgehead atoms. The monoisotopic (exact) mass is 718 g/mol. The summed E-state index contributed by atoms with van der Waals surface area (Å²) in [5.41, 5.74) is 6.92. The van der Waals surface area contributed by atoms with Crippen molar-refractivity contribution in [1.29, 1.82) is 0 Å². The number of carboxylic acid groups (broad SMARTS) is 1. The lowest BCUT2D eigenvalue weighted by molar-refractivity contribution is -0.192. The molecule has 1 aromatic heterocycles. The largest absolute Gasteiger partial charge is 0.493 e. The van der Waals surface area contributed by atoms with E-state index in [1.54, 1.807) is 38.2 Å². The number of halogens is 5. The second-order valence-electron chi connectivity index (χ2n) is 10.3. The van der Waals surface area contributed by atoms with Crippen molar-refractivity contribution in [2.45, 2.75) is 45.3 Å². The van der Waals surface area contributed by atoms with Gasteiger partial charge in [-0.15, -0.1) is 0 Å².